The number of benzene rings is 1. The summed E-state index contributed by atoms with van der Waals surface area (Å²) >= 11 is 0. The number of amides is 1. The first-order valence-electron chi connectivity index (χ1n) is 7.88. The molecule has 1 amide bonds. The van der Waals surface area contributed by atoms with Crippen molar-refractivity contribution in [1.82, 2.24) is 9.80 Å². The Kier molecular flexibility index (Phi) is 4.56. The number of hydrogen-bond donors (Lipinski definition) is 0. The Labute approximate surface area is 126 Å². The summed E-state index contributed by atoms with van der Waals surface area (Å²) < 4.78 is 5.71. The lowest BCUT2D eigenvalue weighted by molar-refractivity contribution is -0.147. The molecule has 21 heavy (non-hydrogen) atoms. The highest BCUT2D eigenvalue weighted by atomic mass is 16.5. The fraction of sp³-hybridized carbons (Fsp3) is 0.588. The first-order valence-corrected chi connectivity index (χ1v) is 7.88. The second-order valence-electron chi connectivity index (χ2n) is 6.09. The molecule has 2 unspecified atom stereocenters. The van der Waals surface area contributed by atoms with Crippen LogP contribution in [0.4, 0.5) is 0 Å². The molecule has 2 bridgehead atoms. The molecule has 2 aliphatic rings. The number of carbonyl (C=O) groups is 1. The van der Waals surface area contributed by atoms with Gasteiger partial charge in [0.2, 0.25) is 5.91 Å². The molecule has 0 N–H and O–H groups in total. The summed E-state index contributed by atoms with van der Waals surface area (Å²) in [5.74, 6) is 0.289. The van der Waals surface area contributed by atoms with Crippen LogP contribution in [0.1, 0.15) is 24.8 Å². The predicted octanol–water partition coefficient (Wildman–Crippen LogP) is 1.90. The van der Waals surface area contributed by atoms with Crippen molar-refractivity contribution < 1.29 is 9.53 Å². The Hall–Kier alpha value is -1.39. The van der Waals surface area contributed by atoms with Crippen molar-refractivity contribution in [3.05, 3.63) is 35.9 Å². The minimum absolute atomic E-state index is 0.103. The van der Waals surface area contributed by atoms with E-state index in [1.807, 2.05) is 23.1 Å². The summed E-state index contributed by atoms with van der Waals surface area (Å²) in [4.78, 5) is 16.7. The Morgan fingerprint density at radius 1 is 1.24 bits per heavy atom. The van der Waals surface area contributed by atoms with Crippen molar-refractivity contribution in [3.8, 4) is 0 Å². The quantitative estimate of drug-likeness (QED) is 0.776. The van der Waals surface area contributed by atoms with Crippen LogP contribution in [0.2, 0.25) is 0 Å². The minimum atomic E-state index is 0.103. The first kappa shape index (κ1) is 14.5. The van der Waals surface area contributed by atoms with Crippen LogP contribution in [-0.2, 0) is 16.1 Å². The summed E-state index contributed by atoms with van der Waals surface area (Å²) in [6.45, 7) is 2.81. The molecule has 2 saturated heterocycles. The summed E-state index contributed by atoms with van der Waals surface area (Å²) in [6.07, 6.45) is 3.40. The largest absolute Gasteiger partial charge is 0.375 e. The second-order valence-corrected chi connectivity index (χ2v) is 6.09. The number of piperidine rings is 1. The van der Waals surface area contributed by atoms with Gasteiger partial charge in [0, 0.05) is 19.1 Å². The van der Waals surface area contributed by atoms with Crippen LogP contribution in [0.25, 0.3) is 0 Å². The van der Waals surface area contributed by atoms with Crippen LogP contribution < -0.4 is 0 Å². The zero-order valence-corrected chi connectivity index (χ0v) is 12.7. The molecule has 2 atom stereocenters. The van der Waals surface area contributed by atoms with E-state index in [0.717, 1.165) is 13.0 Å². The molecular weight excluding hydrogens is 264 g/mol. The topological polar surface area (TPSA) is 32.8 Å². The van der Waals surface area contributed by atoms with Gasteiger partial charge in [0.15, 0.2) is 0 Å². The second kappa shape index (κ2) is 6.58. The van der Waals surface area contributed by atoms with Gasteiger partial charge in [0.25, 0.3) is 0 Å². The maximum absolute atomic E-state index is 12.4. The lowest BCUT2D eigenvalue weighted by Crippen LogP contribution is -2.62. The van der Waals surface area contributed by atoms with Crippen LogP contribution in [-0.4, -0.2) is 54.5 Å². The lowest BCUT2D eigenvalue weighted by atomic mass is 9.91. The smallest absolute Gasteiger partial charge is 0.240 e. The minimum Gasteiger partial charge on any atom is -0.375 e. The van der Waals surface area contributed by atoms with E-state index in [1.165, 1.54) is 18.4 Å². The number of piperazine rings is 1. The van der Waals surface area contributed by atoms with Crippen molar-refractivity contribution in [2.75, 3.05) is 26.7 Å². The van der Waals surface area contributed by atoms with E-state index in [0.29, 0.717) is 25.8 Å². The summed E-state index contributed by atoms with van der Waals surface area (Å²) in [6, 6.07) is 10.8. The number of hydrogen-bond acceptors (Lipinski definition) is 3. The molecule has 4 nitrogen and oxygen atoms in total. The number of rotatable bonds is 5. The molecular formula is C17H24N2O2. The summed E-state index contributed by atoms with van der Waals surface area (Å²) in [5.41, 5.74) is 1.18. The molecule has 0 saturated carbocycles. The van der Waals surface area contributed by atoms with Gasteiger partial charge in [-0.2, -0.15) is 0 Å². The number of fused-ring (bicyclic) bond motifs is 2. The van der Waals surface area contributed by atoms with Gasteiger partial charge in [-0.3, -0.25) is 9.69 Å². The average Bonchev–Trinajstić information content (AvgIpc) is 2.50. The van der Waals surface area contributed by atoms with Crippen LogP contribution in [0.5, 0.6) is 0 Å². The lowest BCUT2D eigenvalue weighted by Gasteiger charge is -2.47. The standard InChI is InChI=1S/C17H24N2O2/c1-18-15-8-5-9-16(18)17(20)19(12-15)10-11-21-13-14-6-3-2-4-7-14/h2-4,6-7,15-16H,5,8-13H2,1H3. The molecule has 1 aromatic rings. The summed E-state index contributed by atoms with van der Waals surface area (Å²) in [5, 5.41) is 0. The first-order chi connectivity index (χ1) is 10.3. The Morgan fingerprint density at radius 3 is 2.86 bits per heavy atom. The van der Waals surface area contributed by atoms with Gasteiger partial charge in [-0.25, -0.2) is 0 Å². The highest BCUT2D eigenvalue weighted by molar-refractivity contribution is 5.83. The third-order valence-corrected chi connectivity index (χ3v) is 4.73. The highest BCUT2D eigenvalue weighted by Gasteiger charge is 2.40. The van der Waals surface area contributed by atoms with E-state index in [1.54, 1.807) is 0 Å². The zero-order valence-electron chi connectivity index (χ0n) is 12.7. The van der Waals surface area contributed by atoms with E-state index in [2.05, 4.69) is 24.1 Å². The number of ether oxygens (including phenoxy) is 1. The van der Waals surface area contributed by atoms with Gasteiger partial charge < -0.3 is 9.64 Å². The maximum atomic E-state index is 12.4. The number of likely N-dealkylation sites (tertiary alicyclic amines) is 1. The maximum Gasteiger partial charge on any atom is 0.240 e. The van der Waals surface area contributed by atoms with Gasteiger partial charge in [-0.05, 0) is 31.9 Å². The molecule has 3 rings (SSSR count). The number of nitrogens with zero attached hydrogens (tertiary/aromatic N) is 2. The molecule has 114 valence electrons. The highest BCUT2D eigenvalue weighted by Crippen LogP contribution is 2.27. The normalized spacial score (nSPS) is 26.1. The molecule has 2 heterocycles. The molecule has 0 aliphatic carbocycles. The zero-order chi connectivity index (χ0) is 14.7. The van der Waals surface area contributed by atoms with Crippen LogP contribution >= 0.6 is 0 Å². The third-order valence-electron chi connectivity index (χ3n) is 4.73. The Bertz CT molecular complexity index is 477. The van der Waals surface area contributed by atoms with Gasteiger partial charge in [0.1, 0.15) is 0 Å². The Balaban J connectivity index is 1.46. The molecule has 0 aromatic heterocycles. The van der Waals surface area contributed by atoms with Crippen LogP contribution in [0, 0.1) is 0 Å². The van der Waals surface area contributed by atoms with Gasteiger partial charge in [-0.15, -0.1) is 0 Å². The molecule has 2 aliphatic heterocycles. The van der Waals surface area contributed by atoms with Gasteiger partial charge in [-0.1, -0.05) is 30.3 Å². The van der Waals surface area contributed by atoms with Crippen molar-refractivity contribution in [2.45, 2.75) is 38.0 Å². The molecule has 2 fully saturated rings. The number of carbonyl (C=O) groups excluding carboxylic acids is 1. The SMILES string of the molecule is CN1C2CCCC1C(=O)N(CCOCc1ccccc1)C2. The molecule has 1 aromatic carbocycles. The van der Waals surface area contributed by atoms with E-state index < -0.39 is 0 Å². The average molecular weight is 288 g/mol. The van der Waals surface area contributed by atoms with Crippen molar-refractivity contribution in [3.63, 3.8) is 0 Å². The van der Waals surface area contributed by atoms with Crippen molar-refractivity contribution in [2.24, 2.45) is 0 Å². The van der Waals surface area contributed by atoms with Gasteiger partial charge in [0.05, 0.1) is 19.3 Å². The molecule has 0 spiro atoms. The fourth-order valence-electron chi connectivity index (χ4n) is 3.42. The Morgan fingerprint density at radius 2 is 2.05 bits per heavy atom. The molecule has 0 radical (unpaired) electrons. The third kappa shape index (κ3) is 3.27. The summed E-state index contributed by atoms with van der Waals surface area (Å²) in [7, 11) is 2.09. The van der Waals surface area contributed by atoms with Gasteiger partial charge >= 0.3 is 0 Å². The molecule has 4 heteroatoms. The van der Waals surface area contributed by atoms with Crippen LogP contribution in [0.15, 0.2) is 30.3 Å². The van der Waals surface area contributed by atoms with E-state index in [-0.39, 0.29) is 11.9 Å². The van der Waals surface area contributed by atoms with E-state index >= 15 is 0 Å². The van der Waals surface area contributed by atoms with Crippen LogP contribution in [0.3, 0.4) is 0 Å². The number of likely N-dealkylation sites (N-methyl/N-ethyl adjacent to an activating group) is 1. The van der Waals surface area contributed by atoms with E-state index in [9.17, 15) is 4.79 Å². The fourth-order valence-corrected chi connectivity index (χ4v) is 3.42. The van der Waals surface area contributed by atoms with E-state index in [4.69, 9.17) is 4.74 Å². The monoisotopic (exact) mass is 288 g/mol. The predicted molar refractivity (Wildman–Crippen MR) is 81.9 cm³/mol. The van der Waals surface area contributed by atoms with Crippen molar-refractivity contribution in [1.29, 1.82) is 0 Å². The van der Waals surface area contributed by atoms with Crippen molar-refractivity contribution >= 4 is 5.91 Å².